The highest BCUT2D eigenvalue weighted by Gasteiger charge is 2.28. The van der Waals surface area contributed by atoms with Crippen molar-refractivity contribution in [2.24, 2.45) is 16.8 Å². The minimum absolute atomic E-state index is 0.195. The molecule has 1 aliphatic heterocycles. The largest absolute Gasteiger partial charge is 0.444 e. The van der Waals surface area contributed by atoms with Crippen LogP contribution in [0.2, 0.25) is 0 Å². The zero-order valence-electron chi connectivity index (χ0n) is 16.7. The molecular formula is C19H36N4O2. The maximum absolute atomic E-state index is 12.3. The fourth-order valence-corrected chi connectivity index (χ4v) is 3.19. The van der Waals surface area contributed by atoms with E-state index in [1.165, 1.54) is 12.8 Å². The molecule has 1 saturated heterocycles. The normalized spacial score (nSPS) is 19.7. The number of hydrogen-bond donors (Lipinski definition) is 1. The first kappa shape index (κ1) is 19.9. The molecule has 0 radical (unpaired) electrons. The Morgan fingerprint density at radius 1 is 1.20 bits per heavy atom. The molecule has 2 fully saturated rings. The fourth-order valence-electron chi connectivity index (χ4n) is 3.19. The smallest absolute Gasteiger partial charge is 0.410 e. The number of carbonyl (C=O) groups is 1. The van der Waals surface area contributed by atoms with Crippen LogP contribution in [0.4, 0.5) is 4.79 Å². The summed E-state index contributed by atoms with van der Waals surface area (Å²) in [6.07, 6.45) is 4.68. The van der Waals surface area contributed by atoms with Crippen molar-refractivity contribution < 1.29 is 9.53 Å². The van der Waals surface area contributed by atoms with Gasteiger partial charge in [-0.05, 0) is 65.2 Å². The lowest BCUT2D eigenvalue weighted by molar-refractivity contribution is 0.0214. The van der Waals surface area contributed by atoms with Gasteiger partial charge in [-0.25, -0.2) is 4.79 Å². The third-order valence-electron chi connectivity index (χ3n) is 4.88. The summed E-state index contributed by atoms with van der Waals surface area (Å²) in [5, 5.41) is 3.50. The highest BCUT2D eigenvalue weighted by molar-refractivity contribution is 5.80. The molecule has 0 atom stereocenters. The number of nitrogens with one attached hydrogen (secondary N) is 1. The summed E-state index contributed by atoms with van der Waals surface area (Å²) in [6.45, 7) is 12.3. The van der Waals surface area contributed by atoms with Gasteiger partial charge in [0.2, 0.25) is 0 Å². The van der Waals surface area contributed by atoms with E-state index in [9.17, 15) is 4.79 Å². The Morgan fingerprint density at radius 2 is 1.84 bits per heavy atom. The summed E-state index contributed by atoms with van der Waals surface area (Å²) in [6, 6.07) is 0. The molecule has 2 rings (SSSR count). The average Bonchev–Trinajstić information content (AvgIpc) is 3.37. The van der Waals surface area contributed by atoms with Crippen LogP contribution in [0.1, 0.15) is 53.4 Å². The predicted octanol–water partition coefficient (Wildman–Crippen LogP) is 2.94. The first-order chi connectivity index (χ1) is 11.8. The first-order valence-electron chi connectivity index (χ1n) is 9.76. The second-order valence-electron chi connectivity index (χ2n) is 8.32. The molecule has 0 unspecified atom stereocenters. The van der Waals surface area contributed by atoms with E-state index in [1.807, 2.05) is 39.6 Å². The Labute approximate surface area is 153 Å². The third kappa shape index (κ3) is 6.75. The number of nitrogens with zero attached hydrogens (tertiary/aromatic N) is 3. The molecule has 2 aliphatic rings. The second-order valence-corrected chi connectivity index (χ2v) is 8.32. The summed E-state index contributed by atoms with van der Waals surface area (Å²) in [7, 11) is 1.86. The van der Waals surface area contributed by atoms with Crippen molar-refractivity contribution in [3.05, 3.63) is 0 Å². The molecule has 1 heterocycles. The minimum Gasteiger partial charge on any atom is -0.444 e. The molecule has 0 spiro atoms. The number of guanidine groups is 1. The van der Waals surface area contributed by atoms with Crippen molar-refractivity contribution in [3.8, 4) is 0 Å². The Kier molecular flexibility index (Phi) is 6.96. The van der Waals surface area contributed by atoms with Gasteiger partial charge in [-0.2, -0.15) is 0 Å². The number of ether oxygens (including phenoxy) is 1. The number of aliphatic imine (C=N–C) groups is 1. The first-order valence-corrected chi connectivity index (χ1v) is 9.76. The van der Waals surface area contributed by atoms with Crippen molar-refractivity contribution in [1.29, 1.82) is 0 Å². The number of piperidine rings is 1. The SMILES string of the molecule is CCN(CC1CCN(C(=NC)NCC2CC2)CC1)C(=O)OC(C)(C)C. The highest BCUT2D eigenvalue weighted by Crippen LogP contribution is 2.27. The molecule has 1 N–H and O–H groups in total. The summed E-state index contributed by atoms with van der Waals surface area (Å²) >= 11 is 0. The van der Waals surface area contributed by atoms with E-state index in [4.69, 9.17) is 4.74 Å². The minimum atomic E-state index is -0.437. The van der Waals surface area contributed by atoms with E-state index in [1.54, 1.807) is 0 Å². The van der Waals surface area contributed by atoms with Gasteiger partial charge in [-0.3, -0.25) is 4.99 Å². The summed E-state index contributed by atoms with van der Waals surface area (Å²) in [5.41, 5.74) is -0.437. The highest BCUT2D eigenvalue weighted by atomic mass is 16.6. The van der Waals surface area contributed by atoms with E-state index in [0.717, 1.165) is 50.9 Å². The van der Waals surface area contributed by atoms with Crippen molar-refractivity contribution in [1.82, 2.24) is 15.1 Å². The molecule has 0 aromatic rings. The number of amides is 1. The van der Waals surface area contributed by atoms with Crippen molar-refractivity contribution >= 4 is 12.1 Å². The van der Waals surface area contributed by atoms with E-state index < -0.39 is 5.60 Å². The monoisotopic (exact) mass is 352 g/mol. The molecule has 0 aromatic carbocycles. The molecule has 1 aliphatic carbocycles. The predicted molar refractivity (Wildman–Crippen MR) is 102 cm³/mol. The molecule has 0 bridgehead atoms. The lowest BCUT2D eigenvalue weighted by atomic mass is 9.96. The maximum atomic E-state index is 12.3. The van der Waals surface area contributed by atoms with Gasteiger partial charge in [-0.1, -0.05) is 0 Å². The van der Waals surface area contributed by atoms with Crippen molar-refractivity contribution in [2.75, 3.05) is 39.8 Å². The molecule has 1 amide bonds. The molecule has 0 aromatic heterocycles. The van der Waals surface area contributed by atoms with Crippen LogP contribution in [0.15, 0.2) is 4.99 Å². The Balaban J connectivity index is 1.77. The van der Waals surface area contributed by atoms with Gasteiger partial charge in [0, 0.05) is 39.8 Å². The van der Waals surface area contributed by atoms with Crippen molar-refractivity contribution in [3.63, 3.8) is 0 Å². The average molecular weight is 353 g/mol. The lowest BCUT2D eigenvalue weighted by Gasteiger charge is -2.36. The van der Waals surface area contributed by atoms with E-state index in [0.29, 0.717) is 12.5 Å². The van der Waals surface area contributed by atoms with Crippen molar-refractivity contribution in [2.45, 2.75) is 59.0 Å². The van der Waals surface area contributed by atoms with Crippen LogP contribution in [0, 0.1) is 11.8 Å². The topological polar surface area (TPSA) is 57.2 Å². The van der Waals surface area contributed by atoms with Crippen LogP contribution in [0.25, 0.3) is 0 Å². The lowest BCUT2D eigenvalue weighted by Crippen LogP contribution is -2.48. The number of hydrogen-bond acceptors (Lipinski definition) is 3. The quantitative estimate of drug-likeness (QED) is 0.610. The van der Waals surface area contributed by atoms with Gasteiger partial charge >= 0.3 is 6.09 Å². The number of rotatable bonds is 5. The van der Waals surface area contributed by atoms with Gasteiger partial charge in [0.05, 0.1) is 0 Å². The van der Waals surface area contributed by atoms with Crippen LogP contribution < -0.4 is 5.32 Å². The van der Waals surface area contributed by atoms with Crippen LogP contribution >= 0.6 is 0 Å². The molecule has 25 heavy (non-hydrogen) atoms. The number of carbonyl (C=O) groups excluding carboxylic acids is 1. The summed E-state index contributed by atoms with van der Waals surface area (Å²) in [4.78, 5) is 20.9. The van der Waals surface area contributed by atoms with Crippen LogP contribution in [0.5, 0.6) is 0 Å². The van der Waals surface area contributed by atoms with E-state index in [-0.39, 0.29) is 6.09 Å². The zero-order valence-corrected chi connectivity index (χ0v) is 16.7. The summed E-state index contributed by atoms with van der Waals surface area (Å²) in [5.74, 6) is 2.41. The van der Waals surface area contributed by atoms with E-state index in [2.05, 4.69) is 15.2 Å². The molecule has 6 nitrogen and oxygen atoms in total. The zero-order chi connectivity index (χ0) is 18.4. The van der Waals surface area contributed by atoms with Gasteiger partial charge < -0.3 is 19.9 Å². The van der Waals surface area contributed by atoms with Gasteiger partial charge in [0.1, 0.15) is 5.60 Å². The van der Waals surface area contributed by atoms with Crippen LogP contribution in [0.3, 0.4) is 0 Å². The molecular weight excluding hydrogens is 316 g/mol. The number of likely N-dealkylation sites (tertiary alicyclic amines) is 1. The molecule has 144 valence electrons. The molecule has 6 heteroatoms. The Hall–Kier alpha value is -1.46. The standard InChI is InChI=1S/C19H36N4O2/c1-6-22(18(24)25-19(2,3)4)14-16-9-11-23(12-10-16)17(20-5)21-13-15-7-8-15/h15-16H,6-14H2,1-5H3,(H,20,21). The second kappa shape index (κ2) is 8.77. The maximum Gasteiger partial charge on any atom is 0.410 e. The fraction of sp³-hybridized carbons (Fsp3) is 0.895. The van der Waals surface area contributed by atoms with E-state index >= 15 is 0 Å². The van der Waals surface area contributed by atoms with Gasteiger partial charge in [-0.15, -0.1) is 0 Å². The Morgan fingerprint density at radius 3 is 2.32 bits per heavy atom. The molecule has 1 saturated carbocycles. The third-order valence-corrected chi connectivity index (χ3v) is 4.88. The van der Waals surface area contributed by atoms with Gasteiger partial charge in [0.15, 0.2) is 5.96 Å². The van der Waals surface area contributed by atoms with Crippen LogP contribution in [-0.4, -0.2) is 67.2 Å². The summed E-state index contributed by atoms with van der Waals surface area (Å²) < 4.78 is 5.52. The Bertz CT molecular complexity index is 461. The van der Waals surface area contributed by atoms with Gasteiger partial charge in [0.25, 0.3) is 0 Å². The van der Waals surface area contributed by atoms with Crippen LogP contribution in [-0.2, 0) is 4.74 Å².